The Bertz CT molecular complexity index is 947. The van der Waals surface area contributed by atoms with E-state index >= 15 is 0 Å². The zero-order chi connectivity index (χ0) is 19.4. The molecule has 2 aromatic carbocycles. The molecular formula is C20H21FN2O3S. The smallest absolute Gasteiger partial charge is 0.246 e. The first-order chi connectivity index (χ1) is 12.9. The number of hydrogen-bond donors (Lipinski definition) is 0. The molecule has 0 unspecified atom stereocenters. The van der Waals surface area contributed by atoms with Gasteiger partial charge in [-0.25, -0.2) is 12.8 Å². The Morgan fingerprint density at radius 1 is 1.00 bits per heavy atom. The van der Waals surface area contributed by atoms with Crippen molar-refractivity contribution in [3.8, 4) is 0 Å². The van der Waals surface area contributed by atoms with Crippen LogP contribution in [0.5, 0.6) is 0 Å². The Labute approximate surface area is 158 Å². The van der Waals surface area contributed by atoms with Gasteiger partial charge >= 0.3 is 0 Å². The van der Waals surface area contributed by atoms with E-state index in [0.29, 0.717) is 0 Å². The van der Waals surface area contributed by atoms with Crippen LogP contribution in [0.1, 0.15) is 11.1 Å². The van der Waals surface area contributed by atoms with Gasteiger partial charge in [-0.3, -0.25) is 4.79 Å². The third kappa shape index (κ3) is 4.43. The molecular weight excluding hydrogens is 367 g/mol. The quantitative estimate of drug-likeness (QED) is 0.757. The average Bonchev–Trinajstić information content (AvgIpc) is 2.67. The van der Waals surface area contributed by atoms with Crippen molar-refractivity contribution in [2.75, 3.05) is 26.2 Å². The van der Waals surface area contributed by atoms with E-state index in [-0.39, 0.29) is 37.0 Å². The Hall–Kier alpha value is -2.51. The van der Waals surface area contributed by atoms with E-state index in [0.717, 1.165) is 17.2 Å². The van der Waals surface area contributed by atoms with E-state index in [9.17, 15) is 17.6 Å². The second kappa shape index (κ2) is 8.02. The maximum Gasteiger partial charge on any atom is 0.246 e. The molecule has 5 nitrogen and oxygen atoms in total. The minimum atomic E-state index is -3.90. The zero-order valence-corrected chi connectivity index (χ0v) is 15.8. The van der Waals surface area contributed by atoms with Crippen LogP contribution in [0.4, 0.5) is 4.39 Å². The molecule has 0 N–H and O–H groups in total. The fraction of sp³-hybridized carbons (Fsp3) is 0.250. The van der Waals surface area contributed by atoms with Gasteiger partial charge in [0, 0.05) is 32.3 Å². The first-order valence-corrected chi connectivity index (χ1v) is 10.1. The summed E-state index contributed by atoms with van der Waals surface area (Å²) in [6.07, 6.45) is 3.23. The molecule has 0 bridgehead atoms. The lowest BCUT2D eigenvalue weighted by Gasteiger charge is -2.33. The maximum absolute atomic E-state index is 13.9. The van der Waals surface area contributed by atoms with Gasteiger partial charge in [-0.1, -0.05) is 42.0 Å². The molecule has 27 heavy (non-hydrogen) atoms. The first-order valence-electron chi connectivity index (χ1n) is 8.66. The van der Waals surface area contributed by atoms with Crippen LogP contribution < -0.4 is 0 Å². The lowest BCUT2D eigenvalue weighted by molar-refractivity contribution is -0.127. The molecule has 142 valence electrons. The third-order valence-electron chi connectivity index (χ3n) is 4.50. The van der Waals surface area contributed by atoms with Crippen LogP contribution in [0.25, 0.3) is 6.08 Å². The molecule has 0 aliphatic carbocycles. The van der Waals surface area contributed by atoms with Crippen molar-refractivity contribution in [2.24, 2.45) is 0 Å². The highest BCUT2D eigenvalue weighted by Crippen LogP contribution is 2.20. The Morgan fingerprint density at radius 3 is 2.26 bits per heavy atom. The van der Waals surface area contributed by atoms with Crippen molar-refractivity contribution in [3.63, 3.8) is 0 Å². The molecule has 1 aliphatic rings. The number of halogens is 1. The Balaban J connectivity index is 1.62. The molecule has 0 aromatic heterocycles. The summed E-state index contributed by atoms with van der Waals surface area (Å²) >= 11 is 0. The zero-order valence-electron chi connectivity index (χ0n) is 15.0. The van der Waals surface area contributed by atoms with E-state index in [2.05, 4.69) is 0 Å². The summed E-state index contributed by atoms with van der Waals surface area (Å²) < 4.78 is 40.3. The van der Waals surface area contributed by atoms with E-state index in [1.54, 1.807) is 11.0 Å². The van der Waals surface area contributed by atoms with Crippen molar-refractivity contribution in [2.45, 2.75) is 11.8 Å². The molecule has 3 rings (SSSR count). The molecule has 1 aliphatic heterocycles. The predicted molar refractivity (Wildman–Crippen MR) is 102 cm³/mol. The second-order valence-corrected chi connectivity index (χ2v) is 8.31. The molecule has 2 aromatic rings. The van der Waals surface area contributed by atoms with E-state index in [1.165, 1.54) is 28.6 Å². The van der Waals surface area contributed by atoms with Crippen LogP contribution in [0.2, 0.25) is 0 Å². The lowest BCUT2D eigenvalue weighted by Crippen LogP contribution is -2.50. The van der Waals surface area contributed by atoms with Crippen LogP contribution >= 0.6 is 0 Å². The fourth-order valence-corrected chi connectivity index (χ4v) is 4.38. The maximum atomic E-state index is 13.9. The molecule has 0 radical (unpaired) electrons. The number of aryl methyl sites for hydroxylation is 1. The van der Waals surface area contributed by atoms with Gasteiger partial charge in [-0.05, 0) is 30.7 Å². The molecule has 1 fully saturated rings. The highest BCUT2D eigenvalue weighted by atomic mass is 32.2. The average molecular weight is 388 g/mol. The van der Waals surface area contributed by atoms with Gasteiger partial charge in [0.25, 0.3) is 0 Å². The Kier molecular flexibility index (Phi) is 5.72. The SMILES string of the molecule is Cc1ccc(C=CC(=O)N2CCN(S(=O)(=O)c3ccccc3F)CC2)cc1. The van der Waals surface area contributed by atoms with Crippen molar-refractivity contribution in [3.05, 3.63) is 71.6 Å². The van der Waals surface area contributed by atoms with Crippen molar-refractivity contribution in [1.29, 1.82) is 0 Å². The summed E-state index contributed by atoms with van der Waals surface area (Å²) in [5.41, 5.74) is 2.07. The summed E-state index contributed by atoms with van der Waals surface area (Å²) in [7, 11) is -3.90. The van der Waals surface area contributed by atoms with Gasteiger partial charge in [0.15, 0.2) is 0 Å². The number of amides is 1. The summed E-state index contributed by atoms with van der Waals surface area (Å²) in [4.78, 5) is 13.6. The molecule has 7 heteroatoms. The normalized spacial score (nSPS) is 16.0. The molecule has 0 saturated carbocycles. The highest BCUT2D eigenvalue weighted by molar-refractivity contribution is 7.89. The van der Waals surface area contributed by atoms with Crippen LogP contribution in [-0.4, -0.2) is 49.7 Å². The number of benzene rings is 2. The van der Waals surface area contributed by atoms with Crippen LogP contribution in [0.3, 0.4) is 0 Å². The van der Waals surface area contributed by atoms with Crippen LogP contribution in [-0.2, 0) is 14.8 Å². The molecule has 0 spiro atoms. The summed E-state index contributed by atoms with van der Waals surface area (Å²) in [6.45, 7) is 2.81. The molecule has 1 amide bonds. The summed E-state index contributed by atoms with van der Waals surface area (Å²) in [5, 5.41) is 0. The largest absolute Gasteiger partial charge is 0.337 e. The highest BCUT2D eigenvalue weighted by Gasteiger charge is 2.31. The van der Waals surface area contributed by atoms with E-state index in [1.807, 2.05) is 31.2 Å². The van der Waals surface area contributed by atoms with Gasteiger partial charge in [-0.2, -0.15) is 4.31 Å². The number of nitrogens with zero attached hydrogens (tertiary/aromatic N) is 2. The van der Waals surface area contributed by atoms with Gasteiger partial charge in [0.1, 0.15) is 10.7 Å². The fourth-order valence-electron chi connectivity index (χ4n) is 2.89. The number of hydrogen-bond acceptors (Lipinski definition) is 3. The summed E-state index contributed by atoms with van der Waals surface area (Å²) in [6, 6.07) is 13.1. The minimum absolute atomic E-state index is 0.140. The Morgan fingerprint density at radius 2 is 1.63 bits per heavy atom. The van der Waals surface area contributed by atoms with Gasteiger partial charge in [-0.15, -0.1) is 0 Å². The second-order valence-electron chi connectivity index (χ2n) is 6.40. The first kappa shape index (κ1) is 19.3. The molecule has 0 atom stereocenters. The van der Waals surface area contributed by atoms with Crippen molar-refractivity contribution >= 4 is 22.0 Å². The van der Waals surface area contributed by atoms with Crippen molar-refractivity contribution < 1.29 is 17.6 Å². The minimum Gasteiger partial charge on any atom is -0.337 e. The van der Waals surface area contributed by atoms with Crippen LogP contribution in [0.15, 0.2) is 59.5 Å². The van der Waals surface area contributed by atoms with Crippen molar-refractivity contribution in [1.82, 2.24) is 9.21 Å². The predicted octanol–water partition coefficient (Wildman–Crippen LogP) is 2.68. The van der Waals surface area contributed by atoms with E-state index in [4.69, 9.17) is 0 Å². The molecule has 1 saturated heterocycles. The van der Waals surface area contributed by atoms with Crippen LogP contribution in [0, 0.1) is 12.7 Å². The number of carbonyl (C=O) groups excluding carboxylic acids is 1. The number of rotatable bonds is 4. The number of carbonyl (C=O) groups is 1. The van der Waals surface area contributed by atoms with Gasteiger partial charge < -0.3 is 4.90 Å². The summed E-state index contributed by atoms with van der Waals surface area (Å²) in [5.74, 6) is -0.935. The van der Waals surface area contributed by atoms with E-state index < -0.39 is 15.8 Å². The monoisotopic (exact) mass is 388 g/mol. The van der Waals surface area contributed by atoms with Gasteiger partial charge in [0.2, 0.25) is 15.9 Å². The topological polar surface area (TPSA) is 57.7 Å². The number of piperazine rings is 1. The molecule has 1 heterocycles. The number of sulfonamides is 1. The van der Waals surface area contributed by atoms with Gasteiger partial charge in [0.05, 0.1) is 0 Å². The standard InChI is InChI=1S/C20H21FN2O3S/c1-16-6-8-17(9-7-16)10-11-20(24)22-12-14-23(15-13-22)27(25,26)19-5-3-2-4-18(19)21/h2-11H,12-15H2,1H3. The lowest BCUT2D eigenvalue weighted by atomic mass is 10.1. The third-order valence-corrected chi connectivity index (χ3v) is 6.43.